The molecule has 0 bridgehead atoms. The second-order valence-corrected chi connectivity index (χ2v) is 11.2. The second-order valence-electron chi connectivity index (χ2n) is 10.4. The Labute approximate surface area is 271 Å². The van der Waals surface area contributed by atoms with Gasteiger partial charge < -0.3 is 0 Å². The van der Waals surface area contributed by atoms with E-state index in [0.717, 1.165) is 0 Å². The molecule has 0 unspecified atom stereocenters. The first-order valence-electron chi connectivity index (χ1n) is 12.2. The maximum atomic E-state index is 14.4. The third-order valence-electron chi connectivity index (χ3n) is 7.31. The average Bonchev–Trinajstić information content (AvgIpc) is 2.94. The number of hydrogen-bond acceptors (Lipinski definition) is 4. The van der Waals surface area contributed by atoms with Crippen LogP contribution in [-0.2, 0) is 0 Å². The summed E-state index contributed by atoms with van der Waals surface area (Å²) < 4.78 is 242. The predicted octanol–water partition coefficient (Wildman–Crippen LogP) is 8.28. The summed E-state index contributed by atoms with van der Waals surface area (Å²) in [6.45, 7) is -6.45. The second kappa shape index (κ2) is 10.9. The molecule has 26 heteroatoms. The van der Waals surface area contributed by atoms with E-state index < -0.39 is 137 Å². The molecule has 4 amide bonds. The van der Waals surface area contributed by atoms with Gasteiger partial charge in [-0.2, -0.15) is 79.0 Å². The smallest absolute Gasteiger partial charge is 0.269 e. The molecule has 2 aliphatic rings. The Morgan fingerprint density at radius 3 is 0.940 bits per heavy atom. The van der Waals surface area contributed by atoms with E-state index in [-0.39, 0.29) is 12.1 Å². The number of nitrogens with zero attached hydrogens (tertiary/aromatic N) is 2. The number of rotatable bonds is 8. The number of carbonyl (C=O) groups is 4. The summed E-state index contributed by atoms with van der Waals surface area (Å²) in [4.78, 5) is 50.2. The highest BCUT2D eigenvalue weighted by atomic mass is 35.5. The van der Waals surface area contributed by atoms with Gasteiger partial charge in [0.2, 0.25) is 0 Å². The first kappa shape index (κ1) is 39.1. The fourth-order valence-corrected chi connectivity index (χ4v) is 5.34. The molecule has 2 aliphatic heterocycles. The first-order chi connectivity index (χ1) is 22.1. The molecule has 0 saturated carbocycles. The average molecular weight is 799 g/mol. The van der Waals surface area contributed by atoms with Gasteiger partial charge in [-0.15, -0.1) is 0 Å². The van der Waals surface area contributed by atoms with Crippen molar-refractivity contribution < 1.29 is 98.2 Å². The van der Waals surface area contributed by atoms with E-state index >= 15 is 0 Å². The van der Waals surface area contributed by atoms with Crippen molar-refractivity contribution >= 4 is 57.6 Å². The number of benzene rings is 2. The van der Waals surface area contributed by atoms with Gasteiger partial charge in [0.05, 0.1) is 45.4 Å². The van der Waals surface area contributed by atoms with Crippen LogP contribution < -0.4 is 0 Å². The van der Waals surface area contributed by atoms with Crippen molar-refractivity contribution in [2.75, 3.05) is 13.1 Å². The fourth-order valence-electron chi connectivity index (χ4n) is 4.77. The van der Waals surface area contributed by atoms with E-state index in [2.05, 4.69) is 0 Å². The van der Waals surface area contributed by atoms with Crippen molar-refractivity contribution in [3.63, 3.8) is 0 Å². The van der Waals surface area contributed by atoms with Crippen LogP contribution in [0.5, 0.6) is 0 Å². The van der Waals surface area contributed by atoms with E-state index in [1.54, 1.807) is 0 Å². The van der Waals surface area contributed by atoms with Crippen molar-refractivity contribution in [2.45, 2.75) is 47.9 Å². The summed E-state index contributed by atoms with van der Waals surface area (Å²) in [5.41, 5.74) is -5.36. The van der Waals surface area contributed by atoms with E-state index in [4.69, 9.17) is 23.2 Å². The summed E-state index contributed by atoms with van der Waals surface area (Å²) in [5, 5.41) is -4.89. The minimum atomic E-state index is -7.47. The highest BCUT2D eigenvalue weighted by Crippen LogP contribution is 2.55. The molecule has 2 aromatic carbocycles. The molecule has 2 aromatic rings. The van der Waals surface area contributed by atoms with Crippen LogP contribution in [0.25, 0.3) is 10.8 Å². The number of halogens is 20. The number of imide groups is 2. The molecule has 6 nitrogen and oxygen atoms in total. The minimum absolute atomic E-state index is 0.113. The number of alkyl halides is 18. The maximum Gasteiger partial charge on any atom is 0.460 e. The normalized spacial score (nSPS) is 17.0. The summed E-state index contributed by atoms with van der Waals surface area (Å²) in [7, 11) is 0. The van der Waals surface area contributed by atoms with Crippen LogP contribution in [0.3, 0.4) is 0 Å². The summed E-state index contributed by atoms with van der Waals surface area (Å²) in [5.74, 6) is -51.9. The van der Waals surface area contributed by atoms with Crippen LogP contribution in [0, 0.1) is 0 Å². The van der Waals surface area contributed by atoms with Crippen LogP contribution in [-0.4, -0.2) is 94.4 Å². The Bertz CT molecular complexity index is 1740. The largest absolute Gasteiger partial charge is 0.460 e. The topological polar surface area (TPSA) is 74.8 Å². The molecule has 0 saturated heterocycles. The van der Waals surface area contributed by atoms with E-state index in [1.165, 1.54) is 0 Å². The Morgan fingerprint density at radius 1 is 0.440 bits per heavy atom. The van der Waals surface area contributed by atoms with Gasteiger partial charge in [-0.05, 0) is 12.1 Å². The van der Waals surface area contributed by atoms with E-state index in [1.807, 2.05) is 0 Å². The highest BCUT2D eigenvalue weighted by Gasteiger charge is 2.83. The molecule has 276 valence electrons. The maximum absolute atomic E-state index is 14.4. The van der Waals surface area contributed by atoms with E-state index in [9.17, 15) is 98.2 Å². The third-order valence-corrected chi connectivity index (χ3v) is 7.91. The molecule has 0 spiro atoms. The molecular weight excluding hydrogens is 793 g/mol. The monoisotopic (exact) mass is 798 g/mol. The standard InChI is InChI=1S/C24H6Cl2F18N2O4/c25-7-1-5-9-10-6(14(48)46(15(49)11(7)10)4-18(29,30)20(33,34)22(37,38)24(42,43)44)2-8(26)12(9)16(50)45(13(5)47)3-17(27,28)19(31,32)21(35,36)23(39,40)41/h1-2H,3-4H2. The lowest BCUT2D eigenvalue weighted by molar-refractivity contribution is -0.395. The number of carbonyl (C=O) groups excluding carboxylic acids is 4. The van der Waals surface area contributed by atoms with Crippen LogP contribution in [0.4, 0.5) is 79.0 Å². The van der Waals surface area contributed by atoms with Gasteiger partial charge in [-0.1, -0.05) is 23.2 Å². The van der Waals surface area contributed by atoms with Gasteiger partial charge in [0.1, 0.15) is 0 Å². The fraction of sp³-hybridized carbons (Fsp3) is 0.417. The van der Waals surface area contributed by atoms with Crippen LogP contribution in [0.1, 0.15) is 41.4 Å². The van der Waals surface area contributed by atoms with Gasteiger partial charge in [-0.3, -0.25) is 29.0 Å². The molecule has 4 rings (SSSR count). The van der Waals surface area contributed by atoms with Crippen molar-refractivity contribution in [1.29, 1.82) is 0 Å². The van der Waals surface area contributed by atoms with Gasteiger partial charge in [-0.25, -0.2) is 0 Å². The minimum Gasteiger partial charge on any atom is -0.269 e. The molecule has 0 aliphatic carbocycles. The lowest BCUT2D eigenvalue weighted by atomic mass is 9.85. The Balaban J connectivity index is 1.85. The molecule has 0 radical (unpaired) electrons. The zero-order valence-electron chi connectivity index (χ0n) is 22.7. The van der Waals surface area contributed by atoms with Crippen molar-refractivity contribution in [2.24, 2.45) is 0 Å². The summed E-state index contributed by atoms with van der Waals surface area (Å²) in [6, 6.07) is 0.225. The summed E-state index contributed by atoms with van der Waals surface area (Å²) in [6.07, 6.45) is -14.6. The molecule has 0 N–H and O–H groups in total. The van der Waals surface area contributed by atoms with Crippen LogP contribution in [0.15, 0.2) is 12.1 Å². The zero-order chi connectivity index (χ0) is 38.9. The molecular formula is C24H6Cl2F18N2O4. The zero-order valence-corrected chi connectivity index (χ0v) is 24.2. The van der Waals surface area contributed by atoms with E-state index in [0.29, 0.717) is 0 Å². The van der Waals surface area contributed by atoms with Gasteiger partial charge >= 0.3 is 47.9 Å². The summed E-state index contributed by atoms with van der Waals surface area (Å²) >= 11 is 11.7. The quantitative estimate of drug-likeness (QED) is 0.199. The number of hydrogen-bond donors (Lipinski definition) is 0. The van der Waals surface area contributed by atoms with Crippen molar-refractivity contribution in [3.05, 3.63) is 44.4 Å². The Morgan fingerprint density at radius 2 is 0.700 bits per heavy atom. The molecule has 0 atom stereocenters. The van der Waals surface area contributed by atoms with Crippen molar-refractivity contribution in [3.8, 4) is 0 Å². The third kappa shape index (κ3) is 5.05. The van der Waals surface area contributed by atoms with Gasteiger partial charge in [0.25, 0.3) is 23.6 Å². The van der Waals surface area contributed by atoms with Crippen LogP contribution in [0.2, 0.25) is 10.0 Å². The molecule has 2 heterocycles. The first-order valence-corrected chi connectivity index (χ1v) is 13.0. The molecule has 0 fully saturated rings. The number of amides is 4. The molecule has 50 heavy (non-hydrogen) atoms. The Hall–Kier alpha value is -3.70. The van der Waals surface area contributed by atoms with Crippen molar-refractivity contribution in [1.82, 2.24) is 9.80 Å². The van der Waals surface area contributed by atoms with Gasteiger partial charge in [0, 0.05) is 10.8 Å². The Kier molecular flexibility index (Phi) is 8.52. The highest BCUT2D eigenvalue weighted by molar-refractivity contribution is 6.44. The lowest BCUT2D eigenvalue weighted by Gasteiger charge is -2.38. The van der Waals surface area contributed by atoms with Crippen LogP contribution >= 0.6 is 23.2 Å². The SMILES string of the molecule is O=C1c2cc(Cl)c3c4c(cc(Cl)c(c24)C(=O)N1CC(F)(F)C(F)(F)C(F)(F)C(F)(F)F)C(=O)N(CC(F)(F)C(F)(F)C(F)(F)C(F)(F)F)C3=O. The lowest BCUT2D eigenvalue weighted by Crippen LogP contribution is -2.64. The predicted molar refractivity (Wildman–Crippen MR) is 126 cm³/mol. The van der Waals surface area contributed by atoms with Gasteiger partial charge in [0.15, 0.2) is 0 Å². The molecule has 0 aromatic heterocycles.